The van der Waals surface area contributed by atoms with Crippen LogP contribution in [0.4, 0.5) is 17.1 Å². The molecular formula is C44H29NOS. The summed E-state index contributed by atoms with van der Waals surface area (Å²) in [6, 6.07) is 62.4. The third kappa shape index (κ3) is 4.80. The van der Waals surface area contributed by atoms with E-state index in [4.69, 9.17) is 4.42 Å². The fourth-order valence-corrected chi connectivity index (χ4v) is 7.88. The van der Waals surface area contributed by atoms with E-state index in [1.165, 1.54) is 37.0 Å². The zero-order valence-electron chi connectivity index (χ0n) is 25.5. The zero-order chi connectivity index (χ0) is 31.2. The smallest absolute Gasteiger partial charge is 0.143 e. The highest BCUT2D eigenvalue weighted by Gasteiger charge is 2.19. The highest BCUT2D eigenvalue weighted by molar-refractivity contribution is 7.26. The summed E-state index contributed by atoms with van der Waals surface area (Å²) in [4.78, 5) is 2.37. The van der Waals surface area contributed by atoms with E-state index in [9.17, 15) is 0 Å². The number of hydrogen-bond donors (Lipinski definition) is 0. The standard InChI is InChI=1S/C44H29NOS/c1-3-12-33(13-4-1)43-42(38-17-7-9-20-40(38)46-43)32-24-22-30(23-25-32)31-26-28-35(29-27-31)45(34-14-5-2-6-15-34)39-19-11-18-37-36-16-8-10-21-41(36)47-44(37)39/h1-29H. The number of fused-ring (bicyclic) bond motifs is 4. The monoisotopic (exact) mass is 619 g/mol. The molecule has 47 heavy (non-hydrogen) atoms. The van der Waals surface area contributed by atoms with Gasteiger partial charge in [0.15, 0.2) is 0 Å². The first-order valence-corrected chi connectivity index (χ1v) is 16.7. The number of thiophene rings is 1. The molecule has 2 aromatic heterocycles. The van der Waals surface area contributed by atoms with Crippen LogP contribution < -0.4 is 4.90 Å². The lowest BCUT2D eigenvalue weighted by molar-refractivity contribution is 0.632. The topological polar surface area (TPSA) is 16.4 Å². The first kappa shape index (κ1) is 27.4. The third-order valence-electron chi connectivity index (χ3n) is 8.90. The lowest BCUT2D eigenvalue weighted by Gasteiger charge is -2.26. The molecule has 9 aromatic rings. The van der Waals surface area contributed by atoms with Gasteiger partial charge in [0.1, 0.15) is 11.3 Å². The van der Waals surface area contributed by atoms with Gasteiger partial charge >= 0.3 is 0 Å². The number of hydrogen-bond acceptors (Lipinski definition) is 3. The fourth-order valence-electron chi connectivity index (χ4n) is 6.67. The minimum absolute atomic E-state index is 0.898. The maximum absolute atomic E-state index is 6.40. The van der Waals surface area contributed by atoms with Gasteiger partial charge in [0.05, 0.1) is 10.4 Å². The van der Waals surface area contributed by atoms with E-state index in [-0.39, 0.29) is 0 Å². The van der Waals surface area contributed by atoms with Crippen molar-refractivity contribution in [3.8, 4) is 33.6 Å². The molecule has 0 radical (unpaired) electrons. The zero-order valence-corrected chi connectivity index (χ0v) is 26.3. The molecule has 0 saturated heterocycles. The second kappa shape index (κ2) is 11.5. The van der Waals surface area contributed by atoms with Crippen LogP contribution in [0.2, 0.25) is 0 Å². The van der Waals surface area contributed by atoms with E-state index in [1.54, 1.807) is 0 Å². The van der Waals surface area contributed by atoms with Crippen LogP contribution >= 0.6 is 11.3 Å². The maximum Gasteiger partial charge on any atom is 0.143 e. The minimum atomic E-state index is 0.898. The molecular weight excluding hydrogens is 591 g/mol. The van der Waals surface area contributed by atoms with Crippen molar-refractivity contribution in [2.24, 2.45) is 0 Å². The van der Waals surface area contributed by atoms with Crippen LogP contribution in [-0.2, 0) is 0 Å². The van der Waals surface area contributed by atoms with Gasteiger partial charge in [0.25, 0.3) is 0 Å². The van der Waals surface area contributed by atoms with Gasteiger partial charge in [0, 0.05) is 43.4 Å². The molecule has 0 bridgehead atoms. The van der Waals surface area contributed by atoms with Crippen LogP contribution in [0.3, 0.4) is 0 Å². The van der Waals surface area contributed by atoms with E-state index in [1.807, 2.05) is 29.5 Å². The number of rotatable bonds is 6. The van der Waals surface area contributed by atoms with Crippen molar-refractivity contribution in [3.05, 3.63) is 176 Å². The third-order valence-corrected chi connectivity index (χ3v) is 10.1. The normalized spacial score (nSPS) is 11.4. The predicted octanol–water partition coefficient (Wildman–Crippen LogP) is 13.3. The van der Waals surface area contributed by atoms with Crippen LogP contribution in [0.25, 0.3) is 64.7 Å². The van der Waals surface area contributed by atoms with Crippen molar-refractivity contribution in [2.75, 3.05) is 4.90 Å². The Labute approximate surface area is 277 Å². The van der Waals surface area contributed by atoms with Crippen molar-refractivity contribution in [1.82, 2.24) is 0 Å². The van der Waals surface area contributed by atoms with Gasteiger partial charge in [-0.05, 0) is 59.2 Å². The van der Waals surface area contributed by atoms with Gasteiger partial charge in [-0.3, -0.25) is 0 Å². The maximum atomic E-state index is 6.40. The molecule has 9 rings (SSSR count). The Kier molecular flexibility index (Phi) is 6.69. The molecule has 0 spiro atoms. The molecule has 2 nitrogen and oxygen atoms in total. The Morgan fingerprint density at radius 2 is 0.979 bits per heavy atom. The van der Waals surface area contributed by atoms with E-state index in [0.29, 0.717) is 0 Å². The van der Waals surface area contributed by atoms with Crippen molar-refractivity contribution in [2.45, 2.75) is 0 Å². The molecule has 0 saturated carbocycles. The molecule has 0 amide bonds. The summed E-state index contributed by atoms with van der Waals surface area (Å²) in [5.41, 5.74) is 10.0. The van der Waals surface area contributed by atoms with E-state index >= 15 is 0 Å². The van der Waals surface area contributed by atoms with E-state index in [0.717, 1.165) is 44.8 Å². The van der Waals surface area contributed by atoms with E-state index < -0.39 is 0 Å². The second-order valence-electron chi connectivity index (χ2n) is 11.7. The molecule has 0 aliphatic carbocycles. The molecule has 2 heterocycles. The van der Waals surface area contributed by atoms with Gasteiger partial charge in [-0.1, -0.05) is 133 Å². The second-order valence-corrected chi connectivity index (χ2v) is 12.8. The predicted molar refractivity (Wildman–Crippen MR) is 200 cm³/mol. The number of nitrogens with zero attached hydrogens (tertiary/aromatic N) is 1. The molecule has 0 aliphatic heterocycles. The molecule has 0 unspecified atom stereocenters. The number of para-hydroxylation sites is 2. The molecule has 0 aliphatic rings. The average Bonchev–Trinajstić information content (AvgIpc) is 3.73. The van der Waals surface area contributed by atoms with Crippen LogP contribution in [-0.4, -0.2) is 0 Å². The molecule has 222 valence electrons. The molecule has 0 atom stereocenters. The number of anilines is 3. The van der Waals surface area contributed by atoms with Crippen molar-refractivity contribution < 1.29 is 4.42 Å². The largest absolute Gasteiger partial charge is 0.455 e. The van der Waals surface area contributed by atoms with Crippen LogP contribution in [0.5, 0.6) is 0 Å². The SMILES string of the molecule is c1ccc(-c2oc3ccccc3c2-c2ccc(-c3ccc(N(c4ccccc4)c4cccc5c4sc4ccccc45)cc3)cc2)cc1. The number of furan rings is 1. The van der Waals surface area contributed by atoms with Gasteiger partial charge in [-0.2, -0.15) is 0 Å². The molecule has 0 N–H and O–H groups in total. The van der Waals surface area contributed by atoms with Crippen molar-refractivity contribution in [1.29, 1.82) is 0 Å². The van der Waals surface area contributed by atoms with Crippen LogP contribution in [0, 0.1) is 0 Å². The van der Waals surface area contributed by atoms with Gasteiger partial charge in [-0.15, -0.1) is 11.3 Å². The van der Waals surface area contributed by atoms with Gasteiger partial charge < -0.3 is 9.32 Å². The van der Waals surface area contributed by atoms with Gasteiger partial charge in [0.2, 0.25) is 0 Å². The van der Waals surface area contributed by atoms with E-state index in [2.05, 4.69) is 163 Å². The number of benzene rings is 7. The molecule has 0 fully saturated rings. The van der Waals surface area contributed by atoms with Gasteiger partial charge in [-0.25, -0.2) is 0 Å². The summed E-state index contributed by atoms with van der Waals surface area (Å²) in [5.74, 6) is 0.901. The van der Waals surface area contributed by atoms with Crippen molar-refractivity contribution in [3.63, 3.8) is 0 Å². The summed E-state index contributed by atoms with van der Waals surface area (Å²) >= 11 is 1.86. The average molecular weight is 620 g/mol. The Hall–Kier alpha value is -5.90. The highest BCUT2D eigenvalue weighted by Crippen LogP contribution is 2.45. The summed E-state index contributed by atoms with van der Waals surface area (Å²) in [7, 11) is 0. The lowest BCUT2D eigenvalue weighted by atomic mass is 9.96. The molecule has 7 aromatic carbocycles. The fraction of sp³-hybridized carbons (Fsp3) is 0. The quantitative estimate of drug-likeness (QED) is 0.184. The summed E-state index contributed by atoms with van der Waals surface area (Å²) < 4.78 is 9.00. The Bertz CT molecular complexity index is 2490. The highest BCUT2D eigenvalue weighted by atomic mass is 32.1. The Balaban J connectivity index is 1.10. The van der Waals surface area contributed by atoms with Crippen molar-refractivity contribution >= 4 is 59.5 Å². The molecule has 3 heteroatoms. The van der Waals surface area contributed by atoms with Crippen LogP contribution in [0.1, 0.15) is 0 Å². The minimum Gasteiger partial charge on any atom is -0.455 e. The lowest BCUT2D eigenvalue weighted by Crippen LogP contribution is -2.09. The van der Waals surface area contributed by atoms with Crippen LogP contribution in [0.15, 0.2) is 180 Å². The first-order valence-electron chi connectivity index (χ1n) is 15.9. The summed E-state index contributed by atoms with van der Waals surface area (Å²) in [5, 5.41) is 3.72. The Morgan fingerprint density at radius 3 is 1.74 bits per heavy atom. The Morgan fingerprint density at radius 1 is 0.404 bits per heavy atom. The summed E-state index contributed by atoms with van der Waals surface area (Å²) in [6.07, 6.45) is 0. The summed E-state index contributed by atoms with van der Waals surface area (Å²) in [6.45, 7) is 0. The first-order chi connectivity index (χ1) is 23.3.